The van der Waals surface area contributed by atoms with Gasteiger partial charge in [-0.15, -0.1) is 0 Å². The van der Waals surface area contributed by atoms with Crippen molar-refractivity contribution in [1.29, 1.82) is 0 Å². The maximum atomic E-state index is 3.43. The van der Waals surface area contributed by atoms with Crippen molar-refractivity contribution in [3.05, 3.63) is 35.0 Å². The maximum Gasteiger partial charge on any atom is 0.0462 e. The van der Waals surface area contributed by atoms with Crippen LogP contribution in [-0.4, -0.2) is 42.6 Å². The molecule has 0 radical (unpaired) electrons. The van der Waals surface area contributed by atoms with Crippen LogP contribution in [0.2, 0.25) is 0 Å². The second-order valence-electron chi connectivity index (χ2n) is 6.01. The van der Waals surface area contributed by atoms with Crippen LogP contribution in [0.5, 0.6) is 0 Å². The Labute approximate surface area is 121 Å². The molecule has 0 spiro atoms. The Morgan fingerprint density at radius 1 is 1.15 bits per heavy atom. The van der Waals surface area contributed by atoms with Crippen LogP contribution in [0.4, 0.5) is 0 Å². The molecular weight excluding hydrogens is 246 g/mol. The summed E-state index contributed by atoms with van der Waals surface area (Å²) in [6, 6.07) is 4.54. The van der Waals surface area contributed by atoms with Crippen LogP contribution in [0, 0.1) is 13.8 Å². The first-order chi connectivity index (χ1) is 9.74. The molecule has 3 rings (SSSR count). The van der Waals surface area contributed by atoms with E-state index in [9.17, 15) is 0 Å². The lowest BCUT2D eigenvalue weighted by atomic mass is 10.0. The molecule has 20 heavy (non-hydrogen) atoms. The van der Waals surface area contributed by atoms with Gasteiger partial charge in [0.05, 0.1) is 0 Å². The molecule has 1 aromatic heterocycles. The van der Waals surface area contributed by atoms with Gasteiger partial charge in [0.2, 0.25) is 0 Å². The summed E-state index contributed by atoms with van der Waals surface area (Å²) in [7, 11) is 0. The number of aromatic nitrogens is 1. The molecule has 1 saturated heterocycles. The second-order valence-corrected chi connectivity index (χ2v) is 6.01. The predicted molar refractivity (Wildman–Crippen MR) is 85.4 cm³/mol. The van der Waals surface area contributed by atoms with Crippen molar-refractivity contribution in [2.75, 3.05) is 32.7 Å². The molecule has 0 bridgehead atoms. The number of fused-ring (bicyclic) bond motifs is 1. The molecule has 1 aromatic carbocycles. The van der Waals surface area contributed by atoms with Gasteiger partial charge in [-0.1, -0.05) is 6.07 Å². The monoisotopic (exact) mass is 271 g/mol. The molecule has 2 heterocycles. The first-order valence-corrected chi connectivity index (χ1v) is 7.74. The number of nitrogens with zero attached hydrogens (tertiary/aromatic N) is 1. The van der Waals surface area contributed by atoms with E-state index in [1.54, 1.807) is 0 Å². The van der Waals surface area contributed by atoms with Crippen LogP contribution >= 0.6 is 0 Å². The van der Waals surface area contributed by atoms with E-state index in [0.717, 1.165) is 13.1 Å². The first-order valence-electron chi connectivity index (χ1n) is 7.74. The summed E-state index contributed by atoms with van der Waals surface area (Å²) < 4.78 is 0. The third-order valence-electron chi connectivity index (χ3n) is 4.33. The minimum absolute atomic E-state index is 1.14. The Morgan fingerprint density at radius 3 is 2.75 bits per heavy atom. The van der Waals surface area contributed by atoms with Gasteiger partial charge in [-0.25, -0.2) is 0 Å². The zero-order valence-corrected chi connectivity index (χ0v) is 12.6. The van der Waals surface area contributed by atoms with E-state index in [4.69, 9.17) is 0 Å². The van der Waals surface area contributed by atoms with Gasteiger partial charge in [-0.05, 0) is 56.0 Å². The second kappa shape index (κ2) is 5.98. The van der Waals surface area contributed by atoms with Gasteiger partial charge < -0.3 is 15.2 Å². The average molecular weight is 271 g/mol. The van der Waals surface area contributed by atoms with Crippen LogP contribution < -0.4 is 5.32 Å². The minimum atomic E-state index is 1.14. The molecule has 1 aliphatic heterocycles. The van der Waals surface area contributed by atoms with Gasteiger partial charge in [-0.3, -0.25) is 0 Å². The highest BCUT2D eigenvalue weighted by atomic mass is 15.2. The fourth-order valence-electron chi connectivity index (χ4n) is 3.37. The Kier molecular flexibility index (Phi) is 4.08. The Hall–Kier alpha value is -1.32. The van der Waals surface area contributed by atoms with E-state index in [2.05, 4.69) is 47.4 Å². The van der Waals surface area contributed by atoms with Crippen LogP contribution in [-0.2, 0) is 6.42 Å². The van der Waals surface area contributed by atoms with Gasteiger partial charge >= 0.3 is 0 Å². The Balaban J connectivity index is 1.65. The zero-order chi connectivity index (χ0) is 13.9. The summed E-state index contributed by atoms with van der Waals surface area (Å²) in [6.07, 6.45) is 4.63. The molecule has 1 fully saturated rings. The van der Waals surface area contributed by atoms with Crippen molar-refractivity contribution in [2.24, 2.45) is 0 Å². The number of hydrogen-bond acceptors (Lipinski definition) is 2. The molecule has 0 atom stereocenters. The van der Waals surface area contributed by atoms with E-state index in [0.29, 0.717) is 0 Å². The van der Waals surface area contributed by atoms with Gasteiger partial charge in [0, 0.05) is 43.3 Å². The minimum Gasteiger partial charge on any atom is -0.361 e. The van der Waals surface area contributed by atoms with Crippen LogP contribution in [0.15, 0.2) is 18.3 Å². The van der Waals surface area contributed by atoms with Crippen molar-refractivity contribution in [2.45, 2.75) is 26.7 Å². The van der Waals surface area contributed by atoms with Gasteiger partial charge in [0.25, 0.3) is 0 Å². The summed E-state index contributed by atoms with van der Waals surface area (Å²) in [6.45, 7) is 10.3. The van der Waals surface area contributed by atoms with Crippen LogP contribution in [0.3, 0.4) is 0 Å². The highest BCUT2D eigenvalue weighted by Crippen LogP contribution is 2.24. The third-order valence-corrected chi connectivity index (χ3v) is 4.33. The smallest absolute Gasteiger partial charge is 0.0462 e. The lowest BCUT2D eigenvalue weighted by Crippen LogP contribution is -2.43. The molecule has 2 N–H and O–H groups in total. The number of H-pyrrole nitrogens is 1. The van der Waals surface area contributed by atoms with Crippen molar-refractivity contribution >= 4 is 10.9 Å². The molecule has 0 unspecified atom stereocenters. The van der Waals surface area contributed by atoms with Crippen molar-refractivity contribution < 1.29 is 0 Å². The standard InChI is InChI=1S/C17H25N3/c1-13-10-14(2)17-15(12-19-16(17)11-13)4-3-7-20-8-5-18-6-9-20/h10-12,18-19H,3-9H2,1-2H3. The van der Waals surface area contributed by atoms with Gasteiger partial charge in [0.1, 0.15) is 0 Å². The summed E-state index contributed by atoms with van der Waals surface area (Å²) in [5.74, 6) is 0. The third kappa shape index (κ3) is 2.89. The summed E-state index contributed by atoms with van der Waals surface area (Å²) >= 11 is 0. The molecular formula is C17H25N3. The quantitative estimate of drug-likeness (QED) is 0.895. The first kappa shape index (κ1) is 13.7. The van der Waals surface area contributed by atoms with Crippen molar-refractivity contribution in [3.63, 3.8) is 0 Å². The largest absolute Gasteiger partial charge is 0.361 e. The summed E-state index contributed by atoms with van der Waals surface area (Å²) in [4.78, 5) is 6.01. The molecule has 0 saturated carbocycles. The zero-order valence-electron chi connectivity index (χ0n) is 12.6. The number of aromatic amines is 1. The van der Waals surface area contributed by atoms with Crippen LogP contribution in [0.1, 0.15) is 23.1 Å². The highest BCUT2D eigenvalue weighted by Gasteiger charge is 2.10. The fourth-order valence-corrected chi connectivity index (χ4v) is 3.37. The molecule has 2 aromatic rings. The Morgan fingerprint density at radius 2 is 1.95 bits per heavy atom. The van der Waals surface area contributed by atoms with E-state index < -0.39 is 0 Å². The number of rotatable bonds is 4. The van der Waals surface area contributed by atoms with E-state index in [-0.39, 0.29) is 0 Å². The summed E-state index contributed by atoms with van der Waals surface area (Å²) in [5, 5.41) is 4.85. The van der Waals surface area contributed by atoms with E-state index in [1.807, 2.05) is 0 Å². The number of aryl methyl sites for hydroxylation is 3. The molecule has 108 valence electrons. The van der Waals surface area contributed by atoms with Gasteiger partial charge in [0.15, 0.2) is 0 Å². The van der Waals surface area contributed by atoms with E-state index >= 15 is 0 Å². The maximum absolute atomic E-state index is 3.43. The predicted octanol–water partition coefficient (Wildman–Crippen LogP) is 2.62. The molecule has 0 aliphatic carbocycles. The average Bonchev–Trinajstić information content (AvgIpc) is 2.83. The van der Waals surface area contributed by atoms with E-state index in [1.165, 1.54) is 60.1 Å². The lowest BCUT2D eigenvalue weighted by Gasteiger charge is -2.27. The van der Waals surface area contributed by atoms with Crippen molar-refractivity contribution in [1.82, 2.24) is 15.2 Å². The molecule has 1 aliphatic rings. The molecule has 0 amide bonds. The molecule has 3 nitrogen and oxygen atoms in total. The van der Waals surface area contributed by atoms with Crippen molar-refractivity contribution in [3.8, 4) is 0 Å². The van der Waals surface area contributed by atoms with Crippen LogP contribution in [0.25, 0.3) is 10.9 Å². The number of nitrogens with one attached hydrogen (secondary N) is 2. The fraction of sp³-hybridized carbons (Fsp3) is 0.529. The SMILES string of the molecule is Cc1cc(C)c2c(CCCN3CCNCC3)c[nH]c2c1. The Bertz CT molecular complexity index is 579. The lowest BCUT2D eigenvalue weighted by molar-refractivity contribution is 0.238. The number of benzene rings is 1. The topological polar surface area (TPSA) is 31.1 Å². The van der Waals surface area contributed by atoms with Gasteiger partial charge in [-0.2, -0.15) is 0 Å². The summed E-state index contributed by atoms with van der Waals surface area (Å²) in [5.41, 5.74) is 5.51. The number of piperazine rings is 1. The number of hydrogen-bond donors (Lipinski definition) is 2. The molecule has 3 heteroatoms. The highest BCUT2D eigenvalue weighted by molar-refractivity contribution is 5.87. The normalized spacial score (nSPS) is 16.9.